The molecule has 0 radical (unpaired) electrons. The van der Waals surface area contributed by atoms with E-state index in [1.807, 2.05) is 6.07 Å². The van der Waals surface area contributed by atoms with E-state index in [0.29, 0.717) is 0 Å². The molecule has 3 heteroatoms. The molecule has 2 nitrogen and oxygen atoms in total. The van der Waals surface area contributed by atoms with Crippen molar-refractivity contribution in [3.63, 3.8) is 0 Å². The van der Waals surface area contributed by atoms with E-state index in [-0.39, 0.29) is 5.82 Å². The summed E-state index contributed by atoms with van der Waals surface area (Å²) >= 11 is 0. The predicted molar refractivity (Wildman–Crippen MR) is 62.0 cm³/mol. The number of nitrogens with zero attached hydrogens (tertiary/aromatic N) is 1. The van der Waals surface area contributed by atoms with E-state index in [0.717, 1.165) is 51.3 Å². The van der Waals surface area contributed by atoms with Crippen LogP contribution in [0.1, 0.15) is 12.0 Å². The third-order valence-electron chi connectivity index (χ3n) is 2.93. The van der Waals surface area contributed by atoms with Crippen molar-refractivity contribution in [2.75, 3.05) is 32.8 Å². The van der Waals surface area contributed by atoms with Gasteiger partial charge in [-0.1, -0.05) is 12.1 Å². The van der Waals surface area contributed by atoms with E-state index in [1.54, 1.807) is 12.1 Å². The number of halogens is 1. The highest BCUT2D eigenvalue weighted by atomic mass is 19.1. The Balaban J connectivity index is 1.71. The molecule has 1 aromatic carbocycles. The molecule has 0 aliphatic carbocycles. The third-order valence-corrected chi connectivity index (χ3v) is 2.93. The Kier molecular flexibility index (Phi) is 4.31. The monoisotopic (exact) mass is 223 g/mol. The zero-order valence-corrected chi connectivity index (χ0v) is 9.49. The molecule has 0 saturated carbocycles. The van der Waals surface area contributed by atoms with E-state index < -0.39 is 0 Å². The van der Waals surface area contributed by atoms with Crippen molar-refractivity contribution in [2.45, 2.75) is 12.8 Å². The smallest absolute Gasteiger partial charge is 0.123 e. The standard InChI is InChI=1S/C13H18FNO/c14-13-5-1-3-12(11-13)4-2-6-15-7-9-16-10-8-15/h1,3,5,11H,2,4,6-10H2. The summed E-state index contributed by atoms with van der Waals surface area (Å²) < 4.78 is 18.2. The van der Waals surface area contributed by atoms with Crippen LogP contribution in [0.25, 0.3) is 0 Å². The maximum absolute atomic E-state index is 12.9. The lowest BCUT2D eigenvalue weighted by Gasteiger charge is -2.26. The number of morpholine rings is 1. The number of benzene rings is 1. The summed E-state index contributed by atoms with van der Waals surface area (Å²) in [6.45, 7) is 4.84. The third kappa shape index (κ3) is 3.58. The van der Waals surface area contributed by atoms with Crippen molar-refractivity contribution < 1.29 is 9.13 Å². The largest absolute Gasteiger partial charge is 0.379 e. The number of rotatable bonds is 4. The number of aryl methyl sites for hydroxylation is 1. The van der Waals surface area contributed by atoms with Gasteiger partial charge >= 0.3 is 0 Å². The van der Waals surface area contributed by atoms with Gasteiger partial charge in [0.05, 0.1) is 13.2 Å². The van der Waals surface area contributed by atoms with Crippen LogP contribution in [-0.2, 0) is 11.2 Å². The van der Waals surface area contributed by atoms with Gasteiger partial charge in [-0.15, -0.1) is 0 Å². The highest BCUT2D eigenvalue weighted by Crippen LogP contribution is 2.07. The van der Waals surface area contributed by atoms with Crippen molar-refractivity contribution in [1.82, 2.24) is 4.90 Å². The maximum atomic E-state index is 12.9. The summed E-state index contributed by atoms with van der Waals surface area (Å²) in [6, 6.07) is 6.88. The Morgan fingerprint density at radius 2 is 2.06 bits per heavy atom. The summed E-state index contributed by atoms with van der Waals surface area (Å²) in [5.74, 6) is -0.135. The summed E-state index contributed by atoms with van der Waals surface area (Å²) in [5, 5.41) is 0. The Bertz CT molecular complexity index is 323. The SMILES string of the molecule is Fc1cccc(CCCN2CCOCC2)c1. The van der Waals surface area contributed by atoms with Crippen molar-refractivity contribution in [2.24, 2.45) is 0 Å². The van der Waals surface area contributed by atoms with E-state index >= 15 is 0 Å². The van der Waals surface area contributed by atoms with E-state index in [1.165, 1.54) is 6.07 Å². The summed E-state index contributed by atoms with van der Waals surface area (Å²) in [4.78, 5) is 2.41. The molecule has 88 valence electrons. The van der Waals surface area contributed by atoms with E-state index in [2.05, 4.69) is 4.90 Å². The van der Waals surface area contributed by atoms with Crippen molar-refractivity contribution >= 4 is 0 Å². The van der Waals surface area contributed by atoms with Crippen LogP contribution < -0.4 is 0 Å². The molecule has 1 aliphatic rings. The molecule has 0 unspecified atom stereocenters. The van der Waals surface area contributed by atoms with Crippen LogP contribution in [0.15, 0.2) is 24.3 Å². The zero-order valence-electron chi connectivity index (χ0n) is 9.49. The minimum Gasteiger partial charge on any atom is -0.379 e. The molecule has 0 aromatic heterocycles. The van der Waals surface area contributed by atoms with E-state index in [9.17, 15) is 4.39 Å². The first kappa shape index (κ1) is 11.6. The zero-order chi connectivity index (χ0) is 11.2. The quantitative estimate of drug-likeness (QED) is 0.775. The second-order valence-corrected chi connectivity index (χ2v) is 4.19. The van der Waals surface area contributed by atoms with Gasteiger partial charge in [-0.05, 0) is 37.1 Å². The van der Waals surface area contributed by atoms with Gasteiger partial charge in [0, 0.05) is 13.1 Å². The van der Waals surface area contributed by atoms with Gasteiger partial charge in [-0.3, -0.25) is 4.90 Å². The van der Waals surface area contributed by atoms with Crippen LogP contribution in [0.3, 0.4) is 0 Å². The van der Waals surface area contributed by atoms with Crippen LogP contribution in [-0.4, -0.2) is 37.7 Å². The molecule has 0 N–H and O–H groups in total. The lowest BCUT2D eigenvalue weighted by atomic mass is 10.1. The van der Waals surface area contributed by atoms with Crippen molar-refractivity contribution in [3.05, 3.63) is 35.6 Å². The van der Waals surface area contributed by atoms with Gasteiger partial charge in [0.25, 0.3) is 0 Å². The molecule has 0 amide bonds. The minimum absolute atomic E-state index is 0.135. The molecule has 0 bridgehead atoms. The van der Waals surface area contributed by atoms with Gasteiger partial charge in [0.1, 0.15) is 5.82 Å². The average Bonchev–Trinajstić information content (AvgIpc) is 2.30. The normalized spacial score (nSPS) is 17.6. The van der Waals surface area contributed by atoms with Gasteiger partial charge in [0.2, 0.25) is 0 Å². The van der Waals surface area contributed by atoms with E-state index in [4.69, 9.17) is 4.74 Å². The highest BCUT2D eigenvalue weighted by Gasteiger charge is 2.09. The summed E-state index contributed by atoms with van der Waals surface area (Å²) in [5.41, 5.74) is 1.09. The topological polar surface area (TPSA) is 12.5 Å². The fourth-order valence-corrected chi connectivity index (χ4v) is 2.02. The molecule has 0 spiro atoms. The molecule has 1 saturated heterocycles. The van der Waals surface area contributed by atoms with Crippen molar-refractivity contribution in [3.8, 4) is 0 Å². The first-order valence-corrected chi connectivity index (χ1v) is 5.89. The molecule has 1 fully saturated rings. The molecule has 1 aliphatic heterocycles. The van der Waals surface area contributed by atoms with Crippen molar-refractivity contribution in [1.29, 1.82) is 0 Å². The second-order valence-electron chi connectivity index (χ2n) is 4.19. The van der Waals surface area contributed by atoms with Gasteiger partial charge in [-0.25, -0.2) is 4.39 Å². The van der Waals surface area contributed by atoms with Gasteiger partial charge in [-0.2, -0.15) is 0 Å². The Labute approximate surface area is 96.0 Å². The Morgan fingerprint density at radius 3 is 2.81 bits per heavy atom. The molecular weight excluding hydrogens is 205 g/mol. The van der Waals surface area contributed by atoms with Crippen LogP contribution in [0.5, 0.6) is 0 Å². The highest BCUT2D eigenvalue weighted by molar-refractivity contribution is 5.16. The number of hydrogen-bond donors (Lipinski definition) is 0. The van der Waals surface area contributed by atoms with Gasteiger partial charge in [0.15, 0.2) is 0 Å². The van der Waals surface area contributed by atoms with Crippen LogP contribution >= 0.6 is 0 Å². The molecule has 1 heterocycles. The first-order chi connectivity index (χ1) is 7.84. The predicted octanol–water partition coefficient (Wildman–Crippen LogP) is 2.09. The molecule has 2 rings (SSSR count). The lowest BCUT2D eigenvalue weighted by Crippen LogP contribution is -2.36. The fraction of sp³-hybridized carbons (Fsp3) is 0.538. The Morgan fingerprint density at radius 1 is 1.25 bits per heavy atom. The first-order valence-electron chi connectivity index (χ1n) is 5.89. The summed E-state index contributed by atoms with van der Waals surface area (Å²) in [6.07, 6.45) is 2.04. The second kappa shape index (κ2) is 5.97. The molecule has 0 atom stereocenters. The maximum Gasteiger partial charge on any atom is 0.123 e. The van der Waals surface area contributed by atoms with Crippen LogP contribution in [0.2, 0.25) is 0 Å². The van der Waals surface area contributed by atoms with Gasteiger partial charge < -0.3 is 4.74 Å². The average molecular weight is 223 g/mol. The molecular formula is C13H18FNO. The fourth-order valence-electron chi connectivity index (χ4n) is 2.02. The molecule has 1 aromatic rings. The number of ether oxygens (including phenoxy) is 1. The van der Waals surface area contributed by atoms with Crippen LogP contribution in [0, 0.1) is 5.82 Å². The Hall–Kier alpha value is -0.930. The van der Waals surface area contributed by atoms with Crippen LogP contribution in [0.4, 0.5) is 4.39 Å². The lowest BCUT2D eigenvalue weighted by molar-refractivity contribution is 0.0374. The minimum atomic E-state index is -0.135. The summed E-state index contributed by atoms with van der Waals surface area (Å²) in [7, 11) is 0. The molecule has 16 heavy (non-hydrogen) atoms. The number of hydrogen-bond acceptors (Lipinski definition) is 2.